The summed E-state index contributed by atoms with van der Waals surface area (Å²) < 4.78 is 14.4. The summed E-state index contributed by atoms with van der Waals surface area (Å²) in [4.78, 5) is 0. The second kappa shape index (κ2) is 7.70. The molecule has 0 radical (unpaired) electrons. The van der Waals surface area contributed by atoms with Gasteiger partial charge in [0.05, 0.1) is 9.35 Å². The molecule has 0 atom stereocenters. The van der Waals surface area contributed by atoms with E-state index in [1.165, 1.54) is 0 Å². The van der Waals surface area contributed by atoms with Crippen LogP contribution in [-0.2, 0) is 0 Å². The van der Waals surface area contributed by atoms with E-state index in [9.17, 15) is 0 Å². The van der Waals surface area contributed by atoms with Gasteiger partial charge in [-0.15, -0.1) is 0 Å². The lowest BCUT2D eigenvalue weighted by Gasteiger charge is -1.89. The average Bonchev–Trinajstić information content (AvgIpc) is 2.03. The molecule has 0 bridgehead atoms. The molecule has 0 amide bonds. The van der Waals surface area contributed by atoms with Gasteiger partial charge in [-0.1, -0.05) is 31.9 Å². The van der Waals surface area contributed by atoms with Gasteiger partial charge in [-0.2, -0.15) is 0 Å². The van der Waals surface area contributed by atoms with Crippen LogP contribution < -0.4 is 0 Å². The molecule has 0 aromatic rings. The second-order valence-electron chi connectivity index (χ2n) is 1.97. The van der Waals surface area contributed by atoms with Gasteiger partial charge in [0.1, 0.15) is 0 Å². The molecule has 0 rings (SSSR count). The van der Waals surface area contributed by atoms with E-state index in [4.69, 9.17) is 7.85 Å². The number of hydrogen-bond acceptors (Lipinski definition) is 1. The lowest BCUT2D eigenvalue weighted by atomic mass is 10.2. The Bertz CT molecular complexity index is 132. The molecule has 0 fully saturated rings. The molecule has 0 saturated heterocycles. The van der Waals surface area contributed by atoms with E-state index in [1.807, 2.05) is 0 Å². The number of aliphatic hydroxyl groups is 1. The van der Waals surface area contributed by atoms with E-state index in [1.54, 1.807) is 0 Å². The van der Waals surface area contributed by atoms with Gasteiger partial charge in [-0.3, -0.25) is 0 Å². The van der Waals surface area contributed by atoms with Crippen molar-refractivity contribution < 1.29 is 7.85 Å². The molecule has 1 heteroatoms. The van der Waals surface area contributed by atoms with Gasteiger partial charge in [-0.25, -0.2) is 0 Å². The Morgan fingerprint density at radius 3 is 2.78 bits per heavy atom. The van der Waals surface area contributed by atoms with Crippen molar-refractivity contribution in [2.75, 3.05) is 6.61 Å². The molecule has 1 N–H and O–H groups in total. The highest BCUT2D eigenvalue weighted by molar-refractivity contribution is 4.80. The zero-order valence-corrected chi connectivity index (χ0v) is 5.98. The quantitative estimate of drug-likeness (QED) is 0.446. The van der Waals surface area contributed by atoms with Crippen molar-refractivity contribution in [3.8, 4) is 0 Å². The number of hydrogen-bond donors (Lipinski definition) is 1. The topological polar surface area (TPSA) is 20.2 Å². The van der Waals surface area contributed by atoms with Crippen molar-refractivity contribution >= 4 is 0 Å². The monoisotopic (exact) mass is 130 g/mol. The molecule has 0 aromatic carbocycles. The lowest BCUT2D eigenvalue weighted by molar-refractivity contribution is 0.342. The molecule has 0 aliphatic heterocycles. The first-order chi connectivity index (χ1) is 5.22. The highest BCUT2D eigenvalue weighted by Crippen LogP contribution is 1.98. The summed E-state index contributed by atoms with van der Waals surface area (Å²) in [6.07, 6.45) is 3.81. The molecule has 0 aromatic heterocycles. The van der Waals surface area contributed by atoms with Crippen LogP contribution in [0.5, 0.6) is 0 Å². The molecule has 9 heavy (non-hydrogen) atoms. The SMILES string of the molecule is [2H]/C(CO)=C(/[2H])CCCCC. The summed E-state index contributed by atoms with van der Waals surface area (Å²) in [5.41, 5.74) is 0. The van der Waals surface area contributed by atoms with Gasteiger partial charge < -0.3 is 5.11 Å². The Morgan fingerprint density at radius 2 is 2.22 bits per heavy atom. The maximum Gasteiger partial charge on any atom is 0.0612 e. The van der Waals surface area contributed by atoms with E-state index < -0.39 is 0 Å². The van der Waals surface area contributed by atoms with Gasteiger partial charge in [-0.05, 0) is 12.8 Å². The van der Waals surface area contributed by atoms with E-state index in [2.05, 4.69) is 6.92 Å². The number of allylic oxidation sites excluding steroid dienone is 1. The first-order valence-electron chi connectivity index (χ1n) is 4.48. The van der Waals surface area contributed by atoms with E-state index in [-0.39, 0.29) is 18.7 Å². The summed E-state index contributed by atoms with van der Waals surface area (Å²) in [5, 5.41) is 8.50. The van der Waals surface area contributed by atoms with Gasteiger partial charge in [0.2, 0.25) is 0 Å². The highest BCUT2D eigenvalue weighted by Gasteiger charge is 1.79. The summed E-state index contributed by atoms with van der Waals surface area (Å²) in [7, 11) is 0. The third-order valence-electron chi connectivity index (χ3n) is 1.11. The fraction of sp³-hybridized carbons (Fsp3) is 0.750. The maximum absolute atomic E-state index is 8.50. The fourth-order valence-corrected chi connectivity index (χ4v) is 0.608. The molecule has 0 spiro atoms. The zero-order valence-electron chi connectivity index (χ0n) is 7.98. The van der Waals surface area contributed by atoms with Crippen LogP contribution in [0.4, 0.5) is 0 Å². The molecular formula is C8H16O. The summed E-state index contributed by atoms with van der Waals surface area (Å²) in [6, 6.07) is 0.335. The number of unbranched alkanes of at least 4 members (excludes halogenated alkanes) is 2. The second-order valence-corrected chi connectivity index (χ2v) is 1.97. The van der Waals surface area contributed by atoms with Crippen LogP contribution in [0, 0.1) is 0 Å². The Labute approximate surface area is 60.2 Å². The summed E-state index contributed by atoms with van der Waals surface area (Å²) >= 11 is 0. The molecular weight excluding hydrogens is 112 g/mol. The third kappa shape index (κ3) is 7.70. The third-order valence-corrected chi connectivity index (χ3v) is 1.11. The molecule has 0 saturated carbocycles. The minimum Gasteiger partial charge on any atom is -0.392 e. The van der Waals surface area contributed by atoms with Gasteiger partial charge in [0.25, 0.3) is 0 Å². The Morgan fingerprint density at radius 1 is 1.44 bits per heavy atom. The standard InChI is InChI=1S/C8H16O/c1-2-3-4-5-6-7-8-9/h6-7,9H,2-5,8H2,1H3/b7-6+/i6D,7D. The van der Waals surface area contributed by atoms with E-state index in [0.29, 0.717) is 6.42 Å². The predicted octanol–water partition coefficient (Wildman–Crippen LogP) is 2.12. The minimum absolute atomic E-state index is 0.0566. The van der Waals surface area contributed by atoms with Gasteiger partial charge in [0.15, 0.2) is 0 Å². The minimum atomic E-state index is -0.301. The molecule has 0 unspecified atom stereocenters. The summed E-state index contributed by atoms with van der Waals surface area (Å²) in [6.45, 7) is 1.80. The number of aliphatic hydroxyl groups excluding tert-OH is 1. The lowest BCUT2D eigenvalue weighted by Crippen LogP contribution is -1.73. The first kappa shape index (κ1) is 5.48. The van der Waals surface area contributed by atoms with Crippen molar-refractivity contribution in [1.82, 2.24) is 0 Å². The van der Waals surface area contributed by atoms with Crippen LogP contribution in [0.25, 0.3) is 0 Å². The van der Waals surface area contributed by atoms with Crippen molar-refractivity contribution in [1.29, 1.82) is 0 Å². The van der Waals surface area contributed by atoms with Crippen LogP contribution >= 0.6 is 0 Å². The maximum atomic E-state index is 8.50. The summed E-state index contributed by atoms with van der Waals surface area (Å²) in [5.74, 6) is 0. The zero-order chi connectivity index (χ0) is 8.69. The van der Waals surface area contributed by atoms with Crippen LogP contribution in [0.3, 0.4) is 0 Å². The van der Waals surface area contributed by atoms with Crippen LogP contribution in [0.2, 0.25) is 0 Å². The highest BCUT2D eigenvalue weighted by atomic mass is 16.2. The smallest absolute Gasteiger partial charge is 0.0612 e. The van der Waals surface area contributed by atoms with Crippen LogP contribution in [0.1, 0.15) is 35.3 Å². The molecule has 54 valence electrons. The van der Waals surface area contributed by atoms with Crippen molar-refractivity contribution in [2.24, 2.45) is 0 Å². The van der Waals surface area contributed by atoms with Gasteiger partial charge >= 0.3 is 0 Å². The predicted molar refractivity (Wildman–Crippen MR) is 40.4 cm³/mol. The van der Waals surface area contributed by atoms with Crippen molar-refractivity contribution in [3.05, 3.63) is 12.1 Å². The Hall–Kier alpha value is -0.300. The largest absolute Gasteiger partial charge is 0.392 e. The molecule has 0 aliphatic carbocycles. The first-order valence-corrected chi connectivity index (χ1v) is 3.48. The van der Waals surface area contributed by atoms with Crippen LogP contribution in [0.15, 0.2) is 12.1 Å². The van der Waals surface area contributed by atoms with E-state index in [0.717, 1.165) is 19.3 Å². The Kier molecular flexibility index (Phi) is 4.69. The average molecular weight is 130 g/mol. The van der Waals surface area contributed by atoms with Crippen LogP contribution in [-0.4, -0.2) is 11.7 Å². The fourth-order valence-electron chi connectivity index (χ4n) is 0.608. The van der Waals surface area contributed by atoms with Gasteiger partial charge in [0, 0.05) is 0 Å². The van der Waals surface area contributed by atoms with Crippen molar-refractivity contribution in [3.63, 3.8) is 0 Å². The molecule has 0 aliphatic rings. The molecule has 1 nitrogen and oxygen atoms in total. The van der Waals surface area contributed by atoms with E-state index >= 15 is 0 Å². The Balaban J connectivity index is 3.58. The normalized spacial score (nSPS) is 16.2. The van der Waals surface area contributed by atoms with Crippen molar-refractivity contribution in [2.45, 2.75) is 32.6 Å². The molecule has 0 heterocycles. The number of rotatable bonds is 5.